The number of carbonyl (C=O) groups is 1. The number of amides is 1. The van der Waals surface area contributed by atoms with E-state index in [9.17, 15) is 4.79 Å². The molecule has 2 unspecified atom stereocenters. The first-order chi connectivity index (χ1) is 9.09. The number of rotatable bonds is 8. The van der Waals surface area contributed by atoms with Crippen molar-refractivity contribution < 1.29 is 9.53 Å². The zero-order valence-corrected chi connectivity index (χ0v) is 12.7. The molecule has 112 valence electrons. The van der Waals surface area contributed by atoms with E-state index in [0.717, 1.165) is 39.0 Å². The summed E-state index contributed by atoms with van der Waals surface area (Å²) in [5.41, 5.74) is 0. The minimum absolute atomic E-state index is 0.102. The largest absolute Gasteiger partial charge is 0.378 e. The van der Waals surface area contributed by atoms with Gasteiger partial charge in [-0.1, -0.05) is 13.8 Å². The summed E-state index contributed by atoms with van der Waals surface area (Å²) in [6.45, 7) is 8.77. The van der Waals surface area contributed by atoms with Crippen LogP contribution in [0, 0.1) is 5.92 Å². The first-order valence-corrected chi connectivity index (χ1v) is 7.72. The predicted molar refractivity (Wildman–Crippen MR) is 78.1 cm³/mol. The van der Waals surface area contributed by atoms with E-state index in [0.29, 0.717) is 12.0 Å². The molecule has 0 radical (unpaired) electrons. The van der Waals surface area contributed by atoms with Gasteiger partial charge in [-0.3, -0.25) is 4.79 Å². The summed E-state index contributed by atoms with van der Waals surface area (Å²) in [6, 6.07) is -0.115. The van der Waals surface area contributed by atoms with E-state index in [-0.39, 0.29) is 11.9 Å². The van der Waals surface area contributed by atoms with Gasteiger partial charge in [-0.15, -0.1) is 0 Å². The van der Waals surface area contributed by atoms with Gasteiger partial charge in [-0.2, -0.15) is 0 Å². The lowest BCUT2D eigenvalue weighted by Crippen LogP contribution is -2.43. The third-order valence-corrected chi connectivity index (χ3v) is 3.61. The molecule has 0 bridgehead atoms. The van der Waals surface area contributed by atoms with Crippen molar-refractivity contribution in [2.45, 2.75) is 65.0 Å². The Kier molecular flexibility index (Phi) is 8.07. The van der Waals surface area contributed by atoms with Crippen LogP contribution in [0.5, 0.6) is 0 Å². The molecular formula is C15H30N2O2. The van der Waals surface area contributed by atoms with E-state index in [1.54, 1.807) is 0 Å². The first kappa shape index (κ1) is 16.4. The van der Waals surface area contributed by atoms with Gasteiger partial charge in [0, 0.05) is 13.2 Å². The van der Waals surface area contributed by atoms with Gasteiger partial charge in [0.15, 0.2) is 0 Å². The van der Waals surface area contributed by atoms with E-state index in [4.69, 9.17) is 4.74 Å². The van der Waals surface area contributed by atoms with Crippen LogP contribution in [-0.2, 0) is 9.53 Å². The standard InChI is InChI=1S/C15H30N2O2/c1-12(2)7-9-17-15(18)13(3)16-10-8-14-6-4-5-11-19-14/h12-14,16H,4-11H2,1-3H3,(H,17,18). The summed E-state index contributed by atoms with van der Waals surface area (Å²) in [6.07, 6.45) is 6.06. The van der Waals surface area contributed by atoms with Gasteiger partial charge in [-0.05, 0) is 51.5 Å². The zero-order chi connectivity index (χ0) is 14.1. The van der Waals surface area contributed by atoms with E-state index in [1.807, 2.05) is 6.92 Å². The maximum absolute atomic E-state index is 11.8. The van der Waals surface area contributed by atoms with Gasteiger partial charge < -0.3 is 15.4 Å². The Labute approximate surface area is 117 Å². The maximum atomic E-state index is 11.8. The quantitative estimate of drug-likeness (QED) is 0.710. The van der Waals surface area contributed by atoms with Gasteiger partial charge >= 0.3 is 0 Å². The molecule has 0 spiro atoms. The summed E-state index contributed by atoms with van der Waals surface area (Å²) < 4.78 is 5.67. The highest BCUT2D eigenvalue weighted by atomic mass is 16.5. The molecule has 4 nitrogen and oxygen atoms in total. The normalized spacial score (nSPS) is 21.4. The van der Waals surface area contributed by atoms with Crippen LogP contribution in [0.4, 0.5) is 0 Å². The highest BCUT2D eigenvalue weighted by Crippen LogP contribution is 2.14. The highest BCUT2D eigenvalue weighted by Gasteiger charge is 2.15. The number of carbonyl (C=O) groups excluding carboxylic acids is 1. The minimum Gasteiger partial charge on any atom is -0.378 e. The average Bonchev–Trinajstić information content (AvgIpc) is 2.39. The Morgan fingerprint density at radius 3 is 2.68 bits per heavy atom. The molecule has 0 aromatic carbocycles. The van der Waals surface area contributed by atoms with Gasteiger partial charge in [0.05, 0.1) is 12.1 Å². The molecule has 1 aliphatic heterocycles. The molecule has 1 aliphatic rings. The van der Waals surface area contributed by atoms with Crippen LogP contribution in [0.1, 0.15) is 52.9 Å². The van der Waals surface area contributed by atoms with E-state index >= 15 is 0 Å². The van der Waals surface area contributed by atoms with Gasteiger partial charge in [0.1, 0.15) is 0 Å². The van der Waals surface area contributed by atoms with Crippen LogP contribution in [0.15, 0.2) is 0 Å². The monoisotopic (exact) mass is 270 g/mol. The predicted octanol–water partition coefficient (Wildman–Crippen LogP) is 2.09. The third-order valence-electron chi connectivity index (χ3n) is 3.61. The maximum Gasteiger partial charge on any atom is 0.236 e. The van der Waals surface area contributed by atoms with Crippen molar-refractivity contribution in [3.63, 3.8) is 0 Å². The second kappa shape index (κ2) is 9.32. The zero-order valence-electron chi connectivity index (χ0n) is 12.7. The van der Waals surface area contributed by atoms with Crippen molar-refractivity contribution in [3.8, 4) is 0 Å². The van der Waals surface area contributed by atoms with Crippen molar-refractivity contribution in [2.24, 2.45) is 5.92 Å². The molecule has 1 amide bonds. The van der Waals surface area contributed by atoms with Crippen molar-refractivity contribution in [3.05, 3.63) is 0 Å². The van der Waals surface area contributed by atoms with Crippen molar-refractivity contribution in [1.82, 2.24) is 10.6 Å². The molecular weight excluding hydrogens is 240 g/mol. The number of nitrogens with one attached hydrogen (secondary N) is 2. The lowest BCUT2D eigenvalue weighted by atomic mass is 10.1. The molecule has 1 fully saturated rings. The van der Waals surface area contributed by atoms with Crippen molar-refractivity contribution in [1.29, 1.82) is 0 Å². The van der Waals surface area contributed by atoms with E-state index in [1.165, 1.54) is 12.8 Å². The molecule has 0 aromatic rings. The molecule has 2 N–H and O–H groups in total. The average molecular weight is 270 g/mol. The van der Waals surface area contributed by atoms with E-state index in [2.05, 4.69) is 24.5 Å². The SMILES string of the molecule is CC(C)CCNC(=O)C(C)NCCC1CCCCO1. The van der Waals surface area contributed by atoms with Crippen LogP contribution in [0.3, 0.4) is 0 Å². The van der Waals surface area contributed by atoms with Crippen molar-refractivity contribution in [2.75, 3.05) is 19.7 Å². The van der Waals surface area contributed by atoms with Crippen LogP contribution in [0.25, 0.3) is 0 Å². The fourth-order valence-corrected chi connectivity index (χ4v) is 2.23. The fourth-order valence-electron chi connectivity index (χ4n) is 2.23. The molecule has 2 atom stereocenters. The van der Waals surface area contributed by atoms with Crippen molar-refractivity contribution >= 4 is 5.91 Å². The van der Waals surface area contributed by atoms with Gasteiger partial charge in [0.2, 0.25) is 5.91 Å². The number of ether oxygens (including phenoxy) is 1. The summed E-state index contributed by atoms with van der Waals surface area (Å²) >= 11 is 0. The lowest BCUT2D eigenvalue weighted by Gasteiger charge is -2.23. The Balaban J connectivity index is 2.05. The molecule has 1 saturated heterocycles. The third kappa shape index (κ3) is 7.53. The summed E-state index contributed by atoms with van der Waals surface area (Å²) in [7, 11) is 0. The topological polar surface area (TPSA) is 50.4 Å². The molecule has 1 rings (SSSR count). The van der Waals surface area contributed by atoms with Crippen LogP contribution in [0.2, 0.25) is 0 Å². The van der Waals surface area contributed by atoms with Gasteiger partial charge in [-0.25, -0.2) is 0 Å². The molecule has 19 heavy (non-hydrogen) atoms. The fraction of sp³-hybridized carbons (Fsp3) is 0.933. The Hall–Kier alpha value is -0.610. The number of hydrogen-bond acceptors (Lipinski definition) is 3. The summed E-state index contributed by atoms with van der Waals surface area (Å²) in [4.78, 5) is 11.8. The minimum atomic E-state index is -0.115. The van der Waals surface area contributed by atoms with Crippen LogP contribution < -0.4 is 10.6 Å². The van der Waals surface area contributed by atoms with Crippen LogP contribution >= 0.6 is 0 Å². The molecule has 4 heteroatoms. The second-order valence-electron chi connectivity index (χ2n) is 5.93. The smallest absolute Gasteiger partial charge is 0.236 e. The molecule has 1 heterocycles. The van der Waals surface area contributed by atoms with Gasteiger partial charge in [0.25, 0.3) is 0 Å². The summed E-state index contributed by atoms with van der Waals surface area (Å²) in [5.74, 6) is 0.734. The van der Waals surface area contributed by atoms with Crippen LogP contribution in [-0.4, -0.2) is 37.7 Å². The summed E-state index contributed by atoms with van der Waals surface area (Å²) in [5, 5.41) is 6.25. The second-order valence-corrected chi connectivity index (χ2v) is 5.93. The highest BCUT2D eigenvalue weighted by molar-refractivity contribution is 5.81. The van der Waals surface area contributed by atoms with E-state index < -0.39 is 0 Å². The Morgan fingerprint density at radius 1 is 1.26 bits per heavy atom. The lowest BCUT2D eigenvalue weighted by molar-refractivity contribution is -0.122. The molecule has 0 aromatic heterocycles. The Morgan fingerprint density at radius 2 is 2.05 bits per heavy atom. The first-order valence-electron chi connectivity index (χ1n) is 7.72. The number of hydrogen-bond donors (Lipinski definition) is 2. The molecule has 0 saturated carbocycles. The molecule has 0 aliphatic carbocycles. The Bertz CT molecular complexity index is 251.